The van der Waals surface area contributed by atoms with Crippen molar-refractivity contribution in [3.8, 4) is 5.75 Å². The van der Waals surface area contributed by atoms with E-state index in [9.17, 15) is 24.9 Å². The number of likely N-dealkylation sites (tertiary alicyclic amines) is 1. The minimum absolute atomic E-state index is 0.198. The van der Waals surface area contributed by atoms with E-state index in [1.54, 1.807) is 6.07 Å². The van der Waals surface area contributed by atoms with Gasteiger partial charge in [0, 0.05) is 18.4 Å². The molecule has 0 unspecified atom stereocenters. The Bertz CT molecular complexity index is 1160. The van der Waals surface area contributed by atoms with Crippen molar-refractivity contribution in [1.82, 2.24) is 4.90 Å². The summed E-state index contributed by atoms with van der Waals surface area (Å²) in [6.45, 7) is 3.62. The number of imide groups is 1. The number of carbonyl (C=O) groups is 2. The quantitative estimate of drug-likeness (QED) is 0.462. The van der Waals surface area contributed by atoms with Gasteiger partial charge in [-0.05, 0) is 55.7 Å². The van der Waals surface area contributed by atoms with Crippen LogP contribution < -0.4 is 0 Å². The van der Waals surface area contributed by atoms with Gasteiger partial charge in [-0.25, -0.2) is 0 Å². The summed E-state index contributed by atoms with van der Waals surface area (Å²) in [6.07, 6.45) is 2.79. The first kappa shape index (κ1) is 23.2. The molecule has 1 saturated heterocycles. The minimum Gasteiger partial charge on any atom is -0.507 e. The zero-order valence-corrected chi connectivity index (χ0v) is 19.3. The number of rotatable bonds is 6. The average Bonchev–Trinajstić information content (AvgIpc) is 3.02. The Balaban J connectivity index is 1.53. The second kappa shape index (κ2) is 9.12. The number of hydrogen-bond acceptors (Lipinski definition) is 5. The molecule has 3 N–H and O–H groups in total. The Morgan fingerprint density at radius 1 is 1.15 bits per heavy atom. The van der Waals surface area contributed by atoms with Crippen LogP contribution in [0.4, 0.5) is 0 Å². The van der Waals surface area contributed by atoms with Gasteiger partial charge in [0.15, 0.2) is 0 Å². The number of aromatic hydroxyl groups is 1. The zero-order chi connectivity index (χ0) is 23.9. The van der Waals surface area contributed by atoms with Crippen molar-refractivity contribution >= 4 is 28.7 Å². The van der Waals surface area contributed by atoms with Gasteiger partial charge in [0.1, 0.15) is 5.75 Å². The van der Waals surface area contributed by atoms with Crippen molar-refractivity contribution in [2.75, 3.05) is 13.7 Å². The fourth-order valence-electron chi connectivity index (χ4n) is 5.56. The largest absolute Gasteiger partial charge is 0.507 e. The molecule has 0 aromatic heterocycles. The molecule has 0 radical (unpaired) electrons. The molecule has 6 heteroatoms. The average molecular weight is 450 g/mol. The fraction of sp³-hybridized carbons (Fsp3) is 0.407. The molecule has 1 fully saturated rings. The van der Waals surface area contributed by atoms with Gasteiger partial charge in [0.25, 0.3) is 0 Å². The number of nitrogens with zero attached hydrogens (tertiary/aromatic N) is 1. The fourth-order valence-corrected chi connectivity index (χ4v) is 5.56. The van der Waals surface area contributed by atoms with Crippen LogP contribution >= 0.6 is 0 Å². The highest BCUT2D eigenvalue weighted by molar-refractivity contribution is 6.05. The number of carbonyl (C=O) groups excluding carboxylic acids is 2. The second-order valence-corrected chi connectivity index (χ2v) is 9.36. The van der Waals surface area contributed by atoms with E-state index in [0.717, 1.165) is 32.4 Å². The second-order valence-electron chi connectivity index (χ2n) is 9.36. The first-order valence-electron chi connectivity index (χ1n) is 11.4. The maximum Gasteiger partial charge on any atom is 0.233 e. The summed E-state index contributed by atoms with van der Waals surface area (Å²) in [4.78, 5) is 26.3. The molecule has 4 rings (SSSR count). The third-order valence-corrected chi connectivity index (χ3v) is 7.25. The predicted molar refractivity (Wildman–Crippen MR) is 127 cm³/mol. The molecule has 2 amide bonds. The van der Waals surface area contributed by atoms with E-state index in [2.05, 4.69) is 6.08 Å². The summed E-state index contributed by atoms with van der Waals surface area (Å²) in [7, 11) is 1.49. The van der Waals surface area contributed by atoms with Gasteiger partial charge < -0.3 is 15.3 Å². The maximum atomic E-state index is 12.7. The Kier molecular flexibility index (Phi) is 6.41. The third kappa shape index (κ3) is 4.09. The van der Waals surface area contributed by atoms with Crippen LogP contribution in [0.15, 0.2) is 53.1 Å². The molecule has 1 aliphatic heterocycles. The number of phenolic OH excluding ortho intramolecular Hbond substituents is 1. The number of aliphatic hydroxyl groups excluding tert-OH is 2. The van der Waals surface area contributed by atoms with E-state index in [0.29, 0.717) is 24.8 Å². The number of aliphatic hydroxyl groups is 2. The Morgan fingerprint density at radius 2 is 1.85 bits per heavy atom. The van der Waals surface area contributed by atoms with Crippen LogP contribution in [-0.2, 0) is 9.59 Å². The van der Waals surface area contributed by atoms with Gasteiger partial charge in [-0.1, -0.05) is 47.6 Å². The molecule has 6 nitrogen and oxygen atoms in total. The lowest BCUT2D eigenvalue weighted by Gasteiger charge is -2.35. The van der Waals surface area contributed by atoms with Gasteiger partial charge in [-0.2, -0.15) is 0 Å². The lowest BCUT2D eigenvalue weighted by molar-refractivity contribution is -0.138. The zero-order valence-electron chi connectivity index (χ0n) is 19.3. The molecule has 174 valence electrons. The van der Waals surface area contributed by atoms with E-state index in [-0.39, 0.29) is 24.2 Å². The maximum absolute atomic E-state index is 12.7. The normalized spacial score (nSPS) is 24.6. The standard InChI is InChI=1S/C27H31NO5/c1-15(12-17-9-11-22(30)19-7-5-4-6-18(17)19)8-10-23(31)24-16(2)13-20-25(21(24)14-29)27(33)28(3)26(20)32/h4-7,9,11-12,20-21,23,25,29-31H,8,10,13-14H2,1-3H3/b15-12+/t20-,21+,23-,25-/m1/s1. The summed E-state index contributed by atoms with van der Waals surface area (Å²) in [5, 5.41) is 33.0. The molecular formula is C27H31NO5. The number of allylic oxidation sites excluding steroid dienone is 2. The van der Waals surface area contributed by atoms with Gasteiger partial charge in [0.05, 0.1) is 24.5 Å². The number of amides is 2. The van der Waals surface area contributed by atoms with Crippen molar-refractivity contribution < 1.29 is 24.9 Å². The summed E-state index contributed by atoms with van der Waals surface area (Å²) in [5.41, 5.74) is 3.67. The van der Waals surface area contributed by atoms with Crippen LogP contribution in [0.5, 0.6) is 5.75 Å². The van der Waals surface area contributed by atoms with Crippen molar-refractivity contribution in [2.24, 2.45) is 17.8 Å². The molecule has 2 aromatic rings. The molecule has 33 heavy (non-hydrogen) atoms. The van der Waals surface area contributed by atoms with E-state index >= 15 is 0 Å². The van der Waals surface area contributed by atoms with Gasteiger partial charge in [-0.3, -0.25) is 14.5 Å². The Hall–Kier alpha value is -2.96. The Morgan fingerprint density at radius 3 is 2.55 bits per heavy atom. The topological polar surface area (TPSA) is 98.1 Å². The van der Waals surface area contributed by atoms with E-state index in [1.807, 2.05) is 44.2 Å². The van der Waals surface area contributed by atoms with Crippen molar-refractivity contribution in [2.45, 2.75) is 39.2 Å². The van der Waals surface area contributed by atoms with Crippen molar-refractivity contribution in [1.29, 1.82) is 0 Å². The number of phenols is 1. The van der Waals surface area contributed by atoms with Crippen molar-refractivity contribution in [3.05, 3.63) is 58.7 Å². The number of fused-ring (bicyclic) bond motifs is 2. The lowest BCUT2D eigenvalue weighted by Crippen LogP contribution is -2.38. The molecule has 2 aliphatic rings. The highest BCUT2D eigenvalue weighted by Crippen LogP contribution is 2.45. The lowest BCUT2D eigenvalue weighted by atomic mass is 9.68. The highest BCUT2D eigenvalue weighted by atomic mass is 16.3. The highest BCUT2D eigenvalue weighted by Gasteiger charge is 2.53. The first-order valence-corrected chi connectivity index (χ1v) is 11.4. The van der Waals surface area contributed by atoms with Crippen molar-refractivity contribution in [3.63, 3.8) is 0 Å². The van der Waals surface area contributed by atoms with Gasteiger partial charge >= 0.3 is 0 Å². The monoisotopic (exact) mass is 449 g/mol. The van der Waals surface area contributed by atoms with Crippen LogP contribution in [0, 0.1) is 17.8 Å². The van der Waals surface area contributed by atoms with Crippen LogP contribution in [0.1, 0.15) is 38.7 Å². The molecule has 0 bridgehead atoms. The molecule has 2 aromatic carbocycles. The van der Waals surface area contributed by atoms with E-state index < -0.39 is 23.9 Å². The summed E-state index contributed by atoms with van der Waals surface area (Å²) < 4.78 is 0. The van der Waals surface area contributed by atoms with Gasteiger partial charge in [-0.15, -0.1) is 0 Å². The van der Waals surface area contributed by atoms with E-state index in [4.69, 9.17) is 0 Å². The summed E-state index contributed by atoms with van der Waals surface area (Å²) >= 11 is 0. The predicted octanol–water partition coefficient (Wildman–Crippen LogP) is 3.65. The van der Waals surface area contributed by atoms with Gasteiger partial charge in [0.2, 0.25) is 11.8 Å². The molecule has 0 spiro atoms. The van der Waals surface area contributed by atoms with E-state index in [1.165, 1.54) is 7.05 Å². The minimum atomic E-state index is -0.795. The number of hydrogen-bond donors (Lipinski definition) is 3. The van der Waals surface area contributed by atoms with Crippen LogP contribution in [0.25, 0.3) is 16.8 Å². The molecule has 4 atom stereocenters. The number of benzene rings is 2. The smallest absolute Gasteiger partial charge is 0.233 e. The van der Waals surface area contributed by atoms with Crippen LogP contribution in [0.2, 0.25) is 0 Å². The summed E-state index contributed by atoms with van der Waals surface area (Å²) in [5.74, 6) is -1.80. The molecule has 1 aliphatic carbocycles. The Labute approximate surface area is 193 Å². The molecule has 0 saturated carbocycles. The SMILES string of the molecule is CC1=C([C@H](O)CC/C(C)=C/c2ccc(O)c3ccccc23)[C@H](CO)[C@@H]2C(=O)N(C)C(=O)[C@@H]2C1. The first-order chi connectivity index (χ1) is 15.7. The summed E-state index contributed by atoms with van der Waals surface area (Å²) in [6, 6.07) is 11.2. The molecule has 1 heterocycles. The molecular weight excluding hydrogens is 418 g/mol. The van der Waals surface area contributed by atoms with Crippen LogP contribution in [0.3, 0.4) is 0 Å². The van der Waals surface area contributed by atoms with Crippen LogP contribution in [-0.4, -0.2) is 51.8 Å². The third-order valence-electron chi connectivity index (χ3n) is 7.25.